The number of rotatable bonds is 9. The molecular formula is C24H35N3O5. The molecule has 1 aliphatic heterocycles. The first-order chi connectivity index (χ1) is 15.1. The van der Waals surface area contributed by atoms with Crippen molar-refractivity contribution in [1.29, 1.82) is 0 Å². The van der Waals surface area contributed by atoms with Crippen molar-refractivity contribution in [3.8, 4) is 0 Å². The predicted octanol–water partition coefficient (Wildman–Crippen LogP) is 4.00. The predicted molar refractivity (Wildman–Crippen MR) is 123 cm³/mol. The van der Waals surface area contributed by atoms with Crippen LogP contribution in [0.15, 0.2) is 35.5 Å². The summed E-state index contributed by atoms with van der Waals surface area (Å²) in [6.07, 6.45) is 1.74. The number of unbranched alkanes of at least 4 members (excludes halogenated alkanes) is 1. The van der Waals surface area contributed by atoms with E-state index in [0.29, 0.717) is 29.1 Å². The summed E-state index contributed by atoms with van der Waals surface area (Å²) < 4.78 is 10.4. The second-order valence-corrected chi connectivity index (χ2v) is 8.85. The van der Waals surface area contributed by atoms with Gasteiger partial charge in [-0.15, -0.1) is 0 Å². The van der Waals surface area contributed by atoms with Crippen molar-refractivity contribution in [3.63, 3.8) is 0 Å². The zero-order valence-corrected chi connectivity index (χ0v) is 19.9. The van der Waals surface area contributed by atoms with Gasteiger partial charge in [0.25, 0.3) is 0 Å². The fraction of sp³-hybridized carbons (Fsp3) is 0.542. The van der Waals surface area contributed by atoms with Gasteiger partial charge in [-0.2, -0.15) is 0 Å². The topological polar surface area (TPSA) is 97.0 Å². The number of nitrogens with one attached hydrogen (secondary N) is 2. The molecule has 2 rings (SSSR count). The molecule has 1 atom stereocenters. The van der Waals surface area contributed by atoms with Crippen molar-refractivity contribution in [1.82, 2.24) is 10.2 Å². The van der Waals surface area contributed by atoms with Gasteiger partial charge in [0, 0.05) is 30.5 Å². The Kier molecular flexibility index (Phi) is 8.83. The molecule has 0 aliphatic carbocycles. The number of urea groups is 1. The van der Waals surface area contributed by atoms with Crippen molar-refractivity contribution in [3.05, 3.63) is 41.1 Å². The summed E-state index contributed by atoms with van der Waals surface area (Å²) in [7, 11) is 1.53. The van der Waals surface area contributed by atoms with E-state index in [4.69, 9.17) is 9.47 Å². The molecule has 176 valence electrons. The molecule has 8 nitrogen and oxygen atoms in total. The zero-order chi connectivity index (χ0) is 23.9. The molecule has 2 N–H and O–H groups in total. The van der Waals surface area contributed by atoms with Gasteiger partial charge in [-0.1, -0.05) is 46.2 Å². The van der Waals surface area contributed by atoms with Gasteiger partial charge in [-0.05, 0) is 31.0 Å². The van der Waals surface area contributed by atoms with E-state index in [-0.39, 0.29) is 25.2 Å². The SMILES string of the molecule is CCCCN1C(=O)NC(c2cccc(NC(=O)C(C)(C)C)c2)C(C(=O)OCCOC)=C1C. The quantitative estimate of drug-likeness (QED) is 0.442. The van der Waals surface area contributed by atoms with Gasteiger partial charge in [0.15, 0.2) is 0 Å². The molecule has 8 heteroatoms. The highest BCUT2D eigenvalue weighted by Crippen LogP contribution is 2.33. The maximum absolute atomic E-state index is 13.0. The van der Waals surface area contributed by atoms with Crippen LogP contribution >= 0.6 is 0 Å². The molecule has 0 spiro atoms. The Bertz CT molecular complexity index is 873. The van der Waals surface area contributed by atoms with Gasteiger partial charge in [0.05, 0.1) is 18.2 Å². The van der Waals surface area contributed by atoms with Crippen LogP contribution in [0.5, 0.6) is 0 Å². The Balaban J connectivity index is 2.42. The Morgan fingerprint density at radius 2 is 1.94 bits per heavy atom. The number of esters is 1. The first kappa shape index (κ1) is 25.4. The van der Waals surface area contributed by atoms with Gasteiger partial charge in [-0.25, -0.2) is 9.59 Å². The van der Waals surface area contributed by atoms with E-state index in [1.807, 2.05) is 33.8 Å². The minimum Gasteiger partial charge on any atom is -0.460 e. The van der Waals surface area contributed by atoms with Crippen LogP contribution in [0.4, 0.5) is 10.5 Å². The van der Waals surface area contributed by atoms with Crippen molar-refractivity contribution >= 4 is 23.6 Å². The molecule has 1 unspecified atom stereocenters. The number of hydrogen-bond donors (Lipinski definition) is 2. The van der Waals surface area contributed by atoms with Gasteiger partial charge in [0.2, 0.25) is 5.91 Å². The lowest BCUT2D eigenvalue weighted by Crippen LogP contribution is -2.48. The highest BCUT2D eigenvalue weighted by Gasteiger charge is 2.36. The van der Waals surface area contributed by atoms with Crippen LogP contribution in [0.3, 0.4) is 0 Å². The Morgan fingerprint density at radius 1 is 1.22 bits per heavy atom. The number of allylic oxidation sites excluding steroid dienone is 1. The highest BCUT2D eigenvalue weighted by atomic mass is 16.6. The summed E-state index contributed by atoms with van der Waals surface area (Å²) in [5.74, 6) is -0.630. The Morgan fingerprint density at radius 3 is 2.56 bits per heavy atom. The number of anilines is 1. The molecule has 1 aromatic carbocycles. The summed E-state index contributed by atoms with van der Waals surface area (Å²) in [4.78, 5) is 39.8. The second-order valence-electron chi connectivity index (χ2n) is 8.85. The van der Waals surface area contributed by atoms with E-state index >= 15 is 0 Å². The smallest absolute Gasteiger partial charge is 0.338 e. The second kappa shape index (κ2) is 11.1. The Hall–Kier alpha value is -2.87. The van der Waals surface area contributed by atoms with Crippen LogP contribution in [0.2, 0.25) is 0 Å². The molecular weight excluding hydrogens is 410 g/mol. The van der Waals surface area contributed by atoms with Crippen LogP contribution in [-0.4, -0.2) is 49.7 Å². The standard InChI is InChI=1S/C24H35N3O5/c1-7-8-12-27-16(2)19(21(28)32-14-13-31-6)20(26-23(27)30)17-10-9-11-18(15-17)25-22(29)24(3,4)5/h9-11,15,20H,7-8,12-14H2,1-6H3,(H,25,29)(H,26,30). The third-order valence-electron chi connectivity index (χ3n) is 5.23. The van der Waals surface area contributed by atoms with Gasteiger partial charge >= 0.3 is 12.0 Å². The number of hydrogen-bond acceptors (Lipinski definition) is 5. The van der Waals surface area contributed by atoms with Crippen LogP contribution in [-0.2, 0) is 19.1 Å². The first-order valence-electron chi connectivity index (χ1n) is 11.0. The molecule has 1 aliphatic rings. The number of ether oxygens (including phenoxy) is 2. The van der Waals surface area contributed by atoms with Gasteiger partial charge in [0.1, 0.15) is 6.61 Å². The summed E-state index contributed by atoms with van der Waals surface area (Å²) in [6, 6.07) is 6.19. The molecule has 0 aromatic heterocycles. The molecule has 0 radical (unpaired) electrons. The highest BCUT2D eigenvalue weighted by molar-refractivity contribution is 5.96. The van der Waals surface area contributed by atoms with Crippen molar-refractivity contribution < 1.29 is 23.9 Å². The summed E-state index contributed by atoms with van der Waals surface area (Å²) in [5, 5.41) is 5.83. The number of amides is 3. The Labute approximate surface area is 190 Å². The third-order valence-corrected chi connectivity index (χ3v) is 5.23. The summed E-state index contributed by atoms with van der Waals surface area (Å²) in [6.45, 7) is 10.2. The van der Waals surface area contributed by atoms with Crippen molar-refractivity contribution in [2.75, 3.05) is 32.2 Å². The summed E-state index contributed by atoms with van der Waals surface area (Å²) >= 11 is 0. The van der Waals surface area contributed by atoms with E-state index in [2.05, 4.69) is 10.6 Å². The van der Waals surface area contributed by atoms with E-state index in [1.54, 1.807) is 30.0 Å². The van der Waals surface area contributed by atoms with E-state index in [9.17, 15) is 14.4 Å². The first-order valence-corrected chi connectivity index (χ1v) is 11.0. The lowest BCUT2D eigenvalue weighted by Gasteiger charge is -2.35. The minimum absolute atomic E-state index is 0.115. The maximum atomic E-state index is 13.0. The molecule has 0 fully saturated rings. The van der Waals surface area contributed by atoms with Crippen LogP contribution in [0.25, 0.3) is 0 Å². The molecule has 3 amide bonds. The van der Waals surface area contributed by atoms with Gasteiger partial charge < -0.3 is 20.1 Å². The molecule has 1 aromatic rings. The summed E-state index contributed by atoms with van der Waals surface area (Å²) in [5.41, 5.74) is 1.66. The zero-order valence-electron chi connectivity index (χ0n) is 19.9. The molecule has 0 saturated carbocycles. The number of benzene rings is 1. The van der Waals surface area contributed by atoms with E-state index in [0.717, 1.165) is 12.8 Å². The molecule has 0 saturated heterocycles. The minimum atomic E-state index is -0.693. The van der Waals surface area contributed by atoms with E-state index in [1.165, 1.54) is 7.11 Å². The number of nitrogens with zero attached hydrogens (tertiary/aromatic N) is 1. The lowest BCUT2D eigenvalue weighted by molar-refractivity contribution is -0.141. The molecule has 32 heavy (non-hydrogen) atoms. The van der Waals surface area contributed by atoms with Crippen LogP contribution in [0.1, 0.15) is 59.1 Å². The third kappa shape index (κ3) is 6.32. The average Bonchev–Trinajstić information content (AvgIpc) is 2.72. The van der Waals surface area contributed by atoms with Crippen molar-refractivity contribution in [2.24, 2.45) is 5.41 Å². The van der Waals surface area contributed by atoms with Crippen molar-refractivity contribution in [2.45, 2.75) is 53.5 Å². The normalized spacial score (nSPS) is 16.6. The maximum Gasteiger partial charge on any atom is 0.338 e. The average molecular weight is 446 g/mol. The number of methoxy groups -OCH3 is 1. The molecule has 1 heterocycles. The fourth-order valence-electron chi connectivity index (χ4n) is 3.29. The van der Waals surface area contributed by atoms with Crippen LogP contribution < -0.4 is 10.6 Å². The monoisotopic (exact) mass is 445 g/mol. The van der Waals surface area contributed by atoms with Gasteiger partial charge in [-0.3, -0.25) is 9.69 Å². The van der Waals surface area contributed by atoms with Crippen LogP contribution in [0, 0.1) is 5.41 Å². The number of carbonyl (C=O) groups is 3. The largest absolute Gasteiger partial charge is 0.460 e. The van der Waals surface area contributed by atoms with E-state index < -0.39 is 17.4 Å². The fourth-order valence-corrected chi connectivity index (χ4v) is 3.29. The molecule has 0 bridgehead atoms. The lowest BCUT2D eigenvalue weighted by atomic mass is 9.93. The number of carbonyl (C=O) groups excluding carboxylic acids is 3.